The molecule has 3 aromatic rings. The molecule has 0 saturated carbocycles. The van der Waals surface area contributed by atoms with Crippen molar-refractivity contribution in [3.8, 4) is 5.75 Å². The number of carbonyl (C=O) groups excluding carboxylic acids is 1. The Morgan fingerprint density at radius 3 is 2.65 bits per heavy atom. The van der Waals surface area contributed by atoms with Crippen molar-refractivity contribution in [1.29, 1.82) is 0 Å². The number of aryl methyl sites for hydroxylation is 2. The maximum atomic E-state index is 12.0. The van der Waals surface area contributed by atoms with Crippen LogP contribution in [0.2, 0.25) is 0 Å². The third-order valence-electron chi connectivity index (χ3n) is 4.93. The molecule has 1 aliphatic rings. The van der Waals surface area contributed by atoms with Gasteiger partial charge >= 0.3 is 0 Å². The van der Waals surface area contributed by atoms with E-state index in [1.165, 1.54) is 11.1 Å². The van der Waals surface area contributed by atoms with Crippen LogP contribution in [0.1, 0.15) is 40.3 Å². The van der Waals surface area contributed by atoms with Crippen LogP contribution in [-0.2, 0) is 11.4 Å². The lowest BCUT2D eigenvalue weighted by molar-refractivity contribution is -0.116. The van der Waals surface area contributed by atoms with Crippen LogP contribution >= 0.6 is 0 Å². The highest BCUT2D eigenvalue weighted by Crippen LogP contribution is 2.38. The lowest BCUT2D eigenvalue weighted by Gasteiger charge is -2.23. The summed E-state index contributed by atoms with van der Waals surface area (Å²) < 4.78 is 5.92. The number of aromatic amines is 1. The van der Waals surface area contributed by atoms with Crippen LogP contribution in [0, 0.1) is 13.8 Å². The summed E-state index contributed by atoms with van der Waals surface area (Å²) in [5.74, 6) is 1.47. The topological polar surface area (TPSA) is 67.0 Å². The summed E-state index contributed by atoms with van der Waals surface area (Å²) in [6.07, 6.45) is 0.427. The van der Waals surface area contributed by atoms with Crippen LogP contribution in [0.25, 0.3) is 0 Å². The van der Waals surface area contributed by atoms with Gasteiger partial charge in [-0.15, -0.1) is 0 Å². The third kappa shape index (κ3) is 3.08. The number of hydrogen-bond donors (Lipinski definition) is 2. The zero-order valence-corrected chi connectivity index (χ0v) is 14.9. The van der Waals surface area contributed by atoms with E-state index in [-0.39, 0.29) is 11.8 Å². The Labute approximate surface area is 152 Å². The number of rotatable bonds is 4. The molecule has 0 bridgehead atoms. The summed E-state index contributed by atoms with van der Waals surface area (Å²) in [7, 11) is 0. The van der Waals surface area contributed by atoms with Crippen molar-refractivity contribution in [2.24, 2.45) is 0 Å². The van der Waals surface area contributed by atoms with Crippen molar-refractivity contribution < 1.29 is 9.53 Å². The van der Waals surface area contributed by atoms with Crippen LogP contribution in [0.4, 0.5) is 5.82 Å². The maximum Gasteiger partial charge on any atom is 0.226 e. The van der Waals surface area contributed by atoms with Gasteiger partial charge < -0.3 is 10.1 Å². The van der Waals surface area contributed by atoms with Gasteiger partial charge in [0, 0.05) is 23.6 Å². The number of aromatic nitrogens is 2. The minimum atomic E-state index is -0.00567. The van der Waals surface area contributed by atoms with Gasteiger partial charge in [-0.25, -0.2) is 0 Å². The molecule has 0 saturated heterocycles. The molecule has 1 atom stereocenters. The summed E-state index contributed by atoms with van der Waals surface area (Å²) in [4.78, 5) is 12.0. The molecule has 0 radical (unpaired) electrons. The predicted molar refractivity (Wildman–Crippen MR) is 100 cm³/mol. The van der Waals surface area contributed by atoms with Gasteiger partial charge in [-0.2, -0.15) is 5.10 Å². The summed E-state index contributed by atoms with van der Waals surface area (Å²) in [5, 5.41) is 9.98. The second kappa shape index (κ2) is 6.67. The van der Waals surface area contributed by atoms with Crippen molar-refractivity contribution in [2.75, 3.05) is 5.32 Å². The van der Waals surface area contributed by atoms with E-state index >= 15 is 0 Å². The van der Waals surface area contributed by atoms with Gasteiger partial charge in [-0.3, -0.25) is 9.89 Å². The van der Waals surface area contributed by atoms with Gasteiger partial charge in [0.25, 0.3) is 0 Å². The van der Waals surface area contributed by atoms with Crippen molar-refractivity contribution >= 4 is 11.7 Å². The largest absolute Gasteiger partial charge is 0.489 e. The Kier molecular flexibility index (Phi) is 4.21. The van der Waals surface area contributed by atoms with Gasteiger partial charge in [0.15, 0.2) is 5.82 Å². The number of carbonyl (C=O) groups is 1. The summed E-state index contributed by atoms with van der Waals surface area (Å²) in [6.45, 7) is 4.61. The van der Waals surface area contributed by atoms with E-state index in [9.17, 15) is 4.79 Å². The highest BCUT2D eigenvalue weighted by Gasteiger charge is 2.30. The minimum Gasteiger partial charge on any atom is -0.489 e. The number of ether oxygens (including phenoxy) is 1. The molecule has 0 fully saturated rings. The number of hydrogen-bond acceptors (Lipinski definition) is 3. The average Bonchev–Trinajstić information content (AvgIpc) is 3.01. The number of anilines is 1. The Balaban J connectivity index is 1.52. The molecule has 132 valence electrons. The first-order chi connectivity index (χ1) is 12.6. The first kappa shape index (κ1) is 16.4. The summed E-state index contributed by atoms with van der Waals surface area (Å²) in [6, 6.07) is 16.2. The highest BCUT2D eigenvalue weighted by molar-refractivity contribution is 5.94. The molecular weight excluding hydrogens is 326 g/mol. The highest BCUT2D eigenvalue weighted by atomic mass is 16.5. The average molecular weight is 347 g/mol. The number of benzene rings is 2. The maximum absolute atomic E-state index is 12.0. The molecule has 2 N–H and O–H groups in total. The van der Waals surface area contributed by atoms with Crippen molar-refractivity contribution in [3.05, 3.63) is 76.5 Å². The van der Waals surface area contributed by atoms with E-state index in [1.54, 1.807) is 0 Å². The molecule has 2 heterocycles. The van der Waals surface area contributed by atoms with Crippen molar-refractivity contribution in [3.63, 3.8) is 0 Å². The van der Waals surface area contributed by atoms with Crippen LogP contribution in [-0.4, -0.2) is 16.1 Å². The molecule has 1 amide bonds. The fourth-order valence-corrected chi connectivity index (χ4v) is 3.44. The van der Waals surface area contributed by atoms with Crippen LogP contribution in [0.3, 0.4) is 0 Å². The van der Waals surface area contributed by atoms with E-state index in [2.05, 4.69) is 34.6 Å². The SMILES string of the molecule is Cc1ccccc1COc1ccc([C@@H]2CC(=O)Nc3n[nH]c(C)c32)cc1. The standard InChI is InChI=1S/C21H21N3O2/c1-13-5-3-4-6-16(13)12-26-17-9-7-15(8-10-17)18-11-19(25)22-21-20(18)14(2)23-24-21/h3-10,18H,11-12H2,1-2H3,(H2,22,23,24,25)/t18-/m0/s1. The summed E-state index contributed by atoms with van der Waals surface area (Å²) in [5.41, 5.74) is 5.55. The van der Waals surface area contributed by atoms with Crippen molar-refractivity contribution in [2.45, 2.75) is 32.8 Å². The Morgan fingerprint density at radius 1 is 1.12 bits per heavy atom. The normalized spacial score (nSPS) is 16.1. The van der Waals surface area contributed by atoms with Crippen molar-refractivity contribution in [1.82, 2.24) is 10.2 Å². The molecule has 0 spiro atoms. The fourth-order valence-electron chi connectivity index (χ4n) is 3.44. The van der Waals surface area contributed by atoms with Crippen LogP contribution < -0.4 is 10.1 Å². The first-order valence-electron chi connectivity index (χ1n) is 8.74. The summed E-state index contributed by atoms with van der Waals surface area (Å²) >= 11 is 0. The minimum absolute atomic E-state index is 0.00567. The zero-order chi connectivity index (χ0) is 18.1. The van der Waals surface area contributed by atoms with E-state index < -0.39 is 0 Å². The lowest BCUT2D eigenvalue weighted by atomic mass is 9.86. The molecule has 0 unspecified atom stereocenters. The van der Waals surface area contributed by atoms with Gasteiger partial charge in [0.05, 0.1) is 0 Å². The molecule has 26 heavy (non-hydrogen) atoms. The zero-order valence-electron chi connectivity index (χ0n) is 14.9. The quantitative estimate of drug-likeness (QED) is 0.747. The van der Waals surface area contributed by atoms with Gasteiger partial charge in [-0.1, -0.05) is 36.4 Å². The third-order valence-corrected chi connectivity index (χ3v) is 4.93. The molecular formula is C21H21N3O2. The number of nitrogens with zero attached hydrogens (tertiary/aromatic N) is 1. The molecule has 2 aromatic carbocycles. The second-order valence-corrected chi connectivity index (χ2v) is 6.70. The Bertz CT molecular complexity index is 944. The van der Waals surface area contributed by atoms with Crippen LogP contribution in [0.15, 0.2) is 48.5 Å². The van der Waals surface area contributed by atoms with E-state index in [0.29, 0.717) is 18.8 Å². The van der Waals surface area contributed by atoms with E-state index in [0.717, 1.165) is 22.6 Å². The molecule has 1 aromatic heterocycles. The smallest absolute Gasteiger partial charge is 0.226 e. The van der Waals surface area contributed by atoms with Crippen LogP contribution in [0.5, 0.6) is 5.75 Å². The molecule has 5 nitrogen and oxygen atoms in total. The molecule has 5 heteroatoms. The lowest BCUT2D eigenvalue weighted by Crippen LogP contribution is -2.23. The fraction of sp³-hybridized carbons (Fsp3) is 0.238. The van der Waals surface area contributed by atoms with Gasteiger partial charge in [-0.05, 0) is 42.7 Å². The first-order valence-corrected chi connectivity index (χ1v) is 8.74. The Morgan fingerprint density at radius 2 is 1.88 bits per heavy atom. The Hall–Kier alpha value is -3.08. The predicted octanol–water partition coefficient (Wildman–Crippen LogP) is 4.08. The van der Waals surface area contributed by atoms with E-state index in [1.807, 2.05) is 43.3 Å². The monoisotopic (exact) mass is 347 g/mol. The molecule has 0 aliphatic carbocycles. The molecule has 1 aliphatic heterocycles. The second-order valence-electron chi connectivity index (χ2n) is 6.70. The number of fused-ring (bicyclic) bond motifs is 1. The van der Waals surface area contributed by atoms with Gasteiger partial charge in [0.1, 0.15) is 12.4 Å². The van der Waals surface area contributed by atoms with Gasteiger partial charge in [0.2, 0.25) is 5.91 Å². The van der Waals surface area contributed by atoms with E-state index in [4.69, 9.17) is 4.74 Å². The number of nitrogens with one attached hydrogen (secondary N) is 2. The molecule has 4 rings (SSSR count). The number of H-pyrrole nitrogens is 1. The number of amides is 1.